The number of ether oxygens (including phenoxy) is 1. The van der Waals surface area contributed by atoms with Crippen LogP contribution in [0.3, 0.4) is 0 Å². The van der Waals surface area contributed by atoms with Gasteiger partial charge in [0.25, 0.3) is 0 Å². The van der Waals surface area contributed by atoms with Gasteiger partial charge in [-0.1, -0.05) is 50.1 Å². The number of aliphatic hydroxyl groups excluding tert-OH is 1. The Balaban J connectivity index is 1.68. The Morgan fingerprint density at radius 2 is 1.90 bits per heavy atom. The third-order valence-electron chi connectivity index (χ3n) is 5.43. The van der Waals surface area contributed by atoms with Crippen LogP contribution in [0.25, 0.3) is 0 Å². The van der Waals surface area contributed by atoms with E-state index in [1.807, 2.05) is 30.3 Å². The normalized spacial score (nSPS) is 28.4. The van der Waals surface area contributed by atoms with Crippen molar-refractivity contribution >= 4 is 0 Å². The highest BCUT2D eigenvalue weighted by atomic mass is 16.5. The molecule has 3 atom stereocenters. The number of hydrogen-bond donors (Lipinski definition) is 1. The van der Waals surface area contributed by atoms with E-state index in [4.69, 9.17) is 4.74 Å². The van der Waals surface area contributed by atoms with Crippen LogP contribution in [0.5, 0.6) is 0 Å². The minimum atomic E-state index is -0.349. The van der Waals surface area contributed by atoms with Crippen LogP contribution in [0.4, 0.5) is 0 Å². The number of benzene rings is 1. The fraction of sp³-hybridized carbons (Fsp3) is 0.667. The molecule has 1 heterocycles. The zero-order valence-corrected chi connectivity index (χ0v) is 12.4. The molecule has 1 aromatic rings. The predicted molar refractivity (Wildman–Crippen MR) is 80.4 cm³/mol. The molecule has 2 heteroatoms. The summed E-state index contributed by atoms with van der Waals surface area (Å²) in [6.07, 6.45) is 6.93. The van der Waals surface area contributed by atoms with Gasteiger partial charge in [-0.15, -0.1) is 0 Å². The lowest BCUT2D eigenvalue weighted by molar-refractivity contribution is -0.109. The molecule has 0 bridgehead atoms. The van der Waals surface area contributed by atoms with Crippen molar-refractivity contribution in [3.8, 4) is 0 Å². The average Bonchev–Trinajstić information content (AvgIpc) is 2.94. The lowest BCUT2D eigenvalue weighted by Crippen LogP contribution is -2.40. The second-order valence-corrected chi connectivity index (χ2v) is 6.71. The Morgan fingerprint density at radius 1 is 1.20 bits per heavy atom. The molecule has 1 saturated heterocycles. The Hall–Kier alpha value is -0.860. The first-order valence-electron chi connectivity index (χ1n) is 8.07. The molecular formula is C18H26O2. The summed E-state index contributed by atoms with van der Waals surface area (Å²) in [4.78, 5) is 0. The molecule has 0 amide bonds. The molecule has 1 spiro atoms. The van der Waals surface area contributed by atoms with E-state index in [0.29, 0.717) is 11.8 Å². The van der Waals surface area contributed by atoms with Crippen molar-refractivity contribution in [3.63, 3.8) is 0 Å². The Kier molecular flexibility index (Phi) is 4.13. The quantitative estimate of drug-likeness (QED) is 0.899. The zero-order valence-electron chi connectivity index (χ0n) is 12.4. The van der Waals surface area contributed by atoms with E-state index in [-0.39, 0.29) is 11.7 Å². The summed E-state index contributed by atoms with van der Waals surface area (Å²) in [5.41, 5.74) is 1.19. The first kappa shape index (κ1) is 14.1. The summed E-state index contributed by atoms with van der Waals surface area (Å²) in [7, 11) is 0. The summed E-state index contributed by atoms with van der Waals surface area (Å²) in [6.45, 7) is 3.08. The van der Waals surface area contributed by atoms with Crippen molar-refractivity contribution < 1.29 is 9.84 Å². The van der Waals surface area contributed by atoms with Gasteiger partial charge >= 0.3 is 0 Å². The fourth-order valence-electron chi connectivity index (χ4n) is 4.09. The van der Waals surface area contributed by atoms with Gasteiger partial charge in [0.05, 0.1) is 11.7 Å². The number of hydrogen-bond acceptors (Lipinski definition) is 2. The predicted octanol–water partition coefficient (Wildman–Crippen LogP) is 4.10. The summed E-state index contributed by atoms with van der Waals surface area (Å²) < 4.78 is 6.11. The van der Waals surface area contributed by atoms with Gasteiger partial charge in [0, 0.05) is 6.61 Å². The van der Waals surface area contributed by atoms with Crippen LogP contribution >= 0.6 is 0 Å². The summed E-state index contributed by atoms with van der Waals surface area (Å²) in [5, 5.41) is 10.6. The first-order chi connectivity index (χ1) is 9.70. The molecule has 0 radical (unpaired) electrons. The van der Waals surface area contributed by atoms with E-state index in [2.05, 4.69) is 6.92 Å². The molecule has 3 rings (SSSR count). The van der Waals surface area contributed by atoms with E-state index >= 15 is 0 Å². The molecule has 110 valence electrons. The van der Waals surface area contributed by atoms with Crippen molar-refractivity contribution in [2.24, 2.45) is 11.8 Å². The molecule has 2 fully saturated rings. The van der Waals surface area contributed by atoms with Gasteiger partial charge in [0.15, 0.2) is 0 Å². The van der Waals surface area contributed by atoms with Gasteiger partial charge in [-0.2, -0.15) is 0 Å². The molecule has 1 aliphatic carbocycles. The van der Waals surface area contributed by atoms with Crippen molar-refractivity contribution in [1.29, 1.82) is 0 Å². The van der Waals surface area contributed by atoms with Crippen LogP contribution in [0.2, 0.25) is 0 Å². The molecule has 3 unspecified atom stereocenters. The van der Waals surface area contributed by atoms with E-state index in [1.54, 1.807) is 0 Å². The maximum atomic E-state index is 10.6. The lowest BCUT2D eigenvalue weighted by Gasteiger charge is -2.41. The van der Waals surface area contributed by atoms with E-state index in [9.17, 15) is 5.11 Å². The highest BCUT2D eigenvalue weighted by molar-refractivity contribution is 5.18. The fourth-order valence-corrected chi connectivity index (χ4v) is 4.09. The van der Waals surface area contributed by atoms with Crippen LogP contribution < -0.4 is 0 Å². The van der Waals surface area contributed by atoms with Crippen LogP contribution in [0, 0.1) is 11.8 Å². The maximum absolute atomic E-state index is 10.6. The van der Waals surface area contributed by atoms with Gasteiger partial charge in [-0.25, -0.2) is 0 Å². The highest BCUT2D eigenvalue weighted by Crippen LogP contribution is 2.45. The molecule has 1 N–H and O–H groups in total. The van der Waals surface area contributed by atoms with Gasteiger partial charge in [0.1, 0.15) is 0 Å². The van der Waals surface area contributed by atoms with E-state index < -0.39 is 0 Å². The Labute approximate surface area is 122 Å². The van der Waals surface area contributed by atoms with Crippen LogP contribution in [-0.4, -0.2) is 17.3 Å². The van der Waals surface area contributed by atoms with Crippen molar-refractivity contribution in [2.75, 3.05) is 6.61 Å². The molecule has 20 heavy (non-hydrogen) atoms. The lowest BCUT2D eigenvalue weighted by atomic mass is 9.75. The van der Waals surface area contributed by atoms with E-state index in [0.717, 1.165) is 25.0 Å². The topological polar surface area (TPSA) is 29.5 Å². The summed E-state index contributed by atoms with van der Waals surface area (Å²) >= 11 is 0. The third-order valence-corrected chi connectivity index (χ3v) is 5.43. The largest absolute Gasteiger partial charge is 0.388 e. The monoisotopic (exact) mass is 274 g/mol. The van der Waals surface area contributed by atoms with Crippen molar-refractivity contribution in [1.82, 2.24) is 0 Å². The van der Waals surface area contributed by atoms with Crippen LogP contribution in [0.15, 0.2) is 30.3 Å². The number of aliphatic hydroxyl groups is 1. The summed E-state index contributed by atoms with van der Waals surface area (Å²) in [5.74, 6) is 0.885. The van der Waals surface area contributed by atoms with Gasteiger partial charge in [-0.05, 0) is 43.1 Å². The van der Waals surface area contributed by atoms with Crippen LogP contribution in [-0.2, 0) is 4.74 Å². The maximum Gasteiger partial charge on any atom is 0.0818 e. The SMILES string of the molecule is CC(C1CCOC2(CCCC2)C1)C(O)c1ccccc1. The molecule has 1 saturated carbocycles. The smallest absolute Gasteiger partial charge is 0.0818 e. The van der Waals surface area contributed by atoms with Gasteiger partial charge in [-0.3, -0.25) is 0 Å². The van der Waals surface area contributed by atoms with Crippen molar-refractivity contribution in [2.45, 2.75) is 57.2 Å². The molecule has 0 aromatic heterocycles. The van der Waals surface area contributed by atoms with Crippen LogP contribution in [0.1, 0.15) is 57.1 Å². The summed E-state index contributed by atoms with van der Waals surface area (Å²) in [6, 6.07) is 10.1. The molecular weight excluding hydrogens is 248 g/mol. The minimum Gasteiger partial charge on any atom is -0.388 e. The standard InChI is InChI=1S/C18H26O2/c1-14(17(19)15-7-3-2-4-8-15)16-9-12-20-18(13-16)10-5-6-11-18/h2-4,7-8,14,16-17,19H,5-6,9-13H2,1H3. The number of rotatable bonds is 3. The van der Waals surface area contributed by atoms with Gasteiger partial charge in [0.2, 0.25) is 0 Å². The molecule has 2 nitrogen and oxygen atoms in total. The second kappa shape index (κ2) is 5.87. The minimum absolute atomic E-state index is 0.146. The second-order valence-electron chi connectivity index (χ2n) is 6.71. The van der Waals surface area contributed by atoms with Crippen molar-refractivity contribution in [3.05, 3.63) is 35.9 Å². The molecule has 1 aromatic carbocycles. The Bertz CT molecular complexity index is 422. The Morgan fingerprint density at radius 3 is 2.60 bits per heavy atom. The highest BCUT2D eigenvalue weighted by Gasteiger charge is 2.42. The average molecular weight is 274 g/mol. The van der Waals surface area contributed by atoms with E-state index in [1.165, 1.54) is 25.7 Å². The zero-order chi connectivity index (χ0) is 14.0. The van der Waals surface area contributed by atoms with Gasteiger partial charge < -0.3 is 9.84 Å². The molecule has 1 aliphatic heterocycles. The third kappa shape index (κ3) is 2.77. The molecule has 2 aliphatic rings. The first-order valence-corrected chi connectivity index (χ1v) is 8.07.